The van der Waals surface area contributed by atoms with Gasteiger partial charge >= 0.3 is 6.03 Å². The lowest BCUT2D eigenvalue weighted by Crippen LogP contribution is -2.51. The fourth-order valence-corrected chi connectivity index (χ4v) is 3.83. The van der Waals surface area contributed by atoms with E-state index in [4.69, 9.17) is 0 Å². The molecule has 1 aromatic rings. The van der Waals surface area contributed by atoms with Crippen molar-refractivity contribution in [1.82, 2.24) is 15.8 Å². The van der Waals surface area contributed by atoms with Crippen LogP contribution in [-0.4, -0.2) is 28.4 Å². The molecule has 1 heterocycles. The lowest BCUT2D eigenvalue weighted by molar-refractivity contribution is -0.139. The molecular weight excluding hydrogens is 330 g/mol. The number of carbonyl (C=O) groups excluding carboxylic acids is 3. The van der Waals surface area contributed by atoms with Crippen molar-refractivity contribution in [2.24, 2.45) is 5.92 Å². The summed E-state index contributed by atoms with van der Waals surface area (Å²) in [6.45, 7) is 4.33. The smallest absolute Gasteiger partial charge is 0.322 e. The molecule has 1 aliphatic carbocycles. The first kappa shape index (κ1) is 18.4. The van der Waals surface area contributed by atoms with Crippen molar-refractivity contribution in [3.05, 3.63) is 35.4 Å². The van der Waals surface area contributed by atoms with Crippen LogP contribution in [0.25, 0.3) is 0 Å². The molecule has 3 rings (SSSR count). The fraction of sp³-hybridized carbons (Fsp3) is 0.550. The van der Waals surface area contributed by atoms with E-state index in [0.29, 0.717) is 18.8 Å². The molecule has 0 aromatic heterocycles. The molecule has 6 heteroatoms. The first-order valence-electron chi connectivity index (χ1n) is 9.44. The average Bonchev–Trinajstić information content (AvgIpc) is 2.81. The monoisotopic (exact) mass is 357 g/mol. The molecule has 2 fully saturated rings. The van der Waals surface area contributed by atoms with E-state index in [1.54, 1.807) is 0 Å². The number of benzene rings is 1. The summed E-state index contributed by atoms with van der Waals surface area (Å²) in [5.74, 6) is -0.114. The maximum atomic E-state index is 12.7. The summed E-state index contributed by atoms with van der Waals surface area (Å²) in [6.07, 6.45) is 5.31. The van der Waals surface area contributed by atoms with Gasteiger partial charge < -0.3 is 5.32 Å². The second kappa shape index (κ2) is 7.48. The number of hydrazine groups is 1. The number of amides is 4. The van der Waals surface area contributed by atoms with Crippen LogP contribution in [0.1, 0.15) is 57.1 Å². The first-order chi connectivity index (χ1) is 12.4. The molecule has 1 aliphatic heterocycles. The summed E-state index contributed by atoms with van der Waals surface area (Å²) in [6, 6.07) is 7.36. The molecule has 1 saturated carbocycles. The van der Waals surface area contributed by atoms with Crippen LogP contribution in [-0.2, 0) is 22.4 Å². The lowest BCUT2D eigenvalue weighted by Gasteiger charge is -2.30. The quantitative estimate of drug-likeness (QED) is 0.795. The predicted molar refractivity (Wildman–Crippen MR) is 98.0 cm³/mol. The third-order valence-electron chi connectivity index (χ3n) is 5.14. The average molecular weight is 357 g/mol. The van der Waals surface area contributed by atoms with Gasteiger partial charge in [0.2, 0.25) is 5.91 Å². The minimum Gasteiger partial charge on any atom is -0.322 e. The Bertz CT molecular complexity index is 691. The third-order valence-corrected chi connectivity index (χ3v) is 5.14. The standard InChI is InChI=1S/C20H27N3O3/c1-14(2)12-15-6-8-16(9-7-15)13-17(24)22-23-18(25)20(21-19(23)26)10-4-3-5-11-20/h6-9,14H,3-5,10-13H2,1-2H3,(H,21,26)(H,22,24). The van der Waals surface area contributed by atoms with E-state index in [1.165, 1.54) is 5.56 Å². The van der Waals surface area contributed by atoms with Gasteiger partial charge in [0.1, 0.15) is 5.54 Å². The van der Waals surface area contributed by atoms with Gasteiger partial charge in [-0.3, -0.25) is 15.0 Å². The second-order valence-corrected chi connectivity index (χ2v) is 7.84. The summed E-state index contributed by atoms with van der Waals surface area (Å²) in [5.41, 5.74) is 3.75. The highest BCUT2D eigenvalue weighted by Gasteiger charge is 2.52. The molecule has 1 saturated heterocycles. The van der Waals surface area contributed by atoms with Crippen LogP contribution in [0.15, 0.2) is 24.3 Å². The maximum absolute atomic E-state index is 12.7. The normalized spacial score (nSPS) is 19.1. The van der Waals surface area contributed by atoms with E-state index in [9.17, 15) is 14.4 Å². The predicted octanol–water partition coefficient (Wildman–Crippen LogP) is 2.71. The topological polar surface area (TPSA) is 78.5 Å². The summed E-state index contributed by atoms with van der Waals surface area (Å²) >= 11 is 0. The zero-order valence-corrected chi connectivity index (χ0v) is 15.5. The Labute approximate surface area is 154 Å². The van der Waals surface area contributed by atoms with Crippen molar-refractivity contribution < 1.29 is 14.4 Å². The van der Waals surface area contributed by atoms with Gasteiger partial charge in [-0.25, -0.2) is 4.79 Å². The van der Waals surface area contributed by atoms with Gasteiger partial charge in [-0.1, -0.05) is 57.4 Å². The highest BCUT2D eigenvalue weighted by atomic mass is 16.2. The summed E-state index contributed by atoms with van der Waals surface area (Å²) in [5, 5.41) is 3.65. The van der Waals surface area contributed by atoms with Crippen molar-refractivity contribution in [3.8, 4) is 0 Å². The van der Waals surface area contributed by atoms with E-state index < -0.39 is 11.6 Å². The van der Waals surface area contributed by atoms with Gasteiger partial charge in [0.25, 0.3) is 5.91 Å². The maximum Gasteiger partial charge on any atom is 0.344 e. The molecule has 0 radical (unpaired) electrons. The molecule has 2 aliphatic rings. The van der Waals surface area contributed by atoms with Crippen LogP contribution in [0.2, 0.25) is 0 Å². The number of carbonyl (C=O) groups is 3. The molecule has 0 unspecified atom stereocenters. The van der Waals surface area contributed by atoms with Gasteiger partial charge in [-0.2, -0.15) is 5.01 Å². The summed E-state index contributed by atoms with van der Waals surface area (Å²) in [7, 11) is 0. The Morgan fingerprint density at radius 2 is 1.73 bits per heavy atom. The first-order valence-corrected chi connectivity index (χ1v) is 9.44. The molecular formula is C20H27N3O3. The lowest BCUT2D eigenvalue weighted by atomic mass is 9.82. The number of nitrogens with zero attached hydrogens (tertiary/aromatic N) is 1. The van der Waals surface area contributed by atoms with Crippen molar-refractivity contribution in [2.45, 2.75) is 64.3 Å². The number of nitrogens with one attached hydrogen (secondary N) is 2. The Morgan fingerprint density at radius 3 is 2.35 bits per heavy atom. The minimum atomic E-state index is -0.818. The minimum absolute atomic E-state index is 0.131. The Kier molecular flexibility index (Phi) is 5.30. The van der Waals surface area contributed by atoms with Crippen molar-refractivity contribution >= 4 is 17.8 Å². The third kappa shape index (κ3) is 3.89. The van der Waals surface area contributed by atoms with Crippen LogP contribution in [0, 0.1) is 5.92 Å². The van der Waals surface area contributed by atoms with Crippen molar-refractivity contribution in [3.63, 3.8) is 0 Å². The fourth-order valence-electron chi connectivity index (χ4n) is 3.83. The molecule has 1 aromatic carbocycles. The van der Waals surface area contributed by atoms with Crippen LogP contribution in [0.5, 0.6) is 0 Å². The SMILES string of the molecule is CC(C)Cc1ccc(CC(=O)NN2C(=O)NC3(CCCCC3)C2=O)cc1. The van der Waals surface area contributed by atoms with Crippen LogP contribution in [0.3, 0.4) is 0 Å². The van der Waals surface area contributed by atoms with E-state index in [0.717, 1.165) is 36.3 Å². The largest absolute Gasteiger partial charge is 0.344 e. The van der Waals surface area contributed by atoms with Crippen molar-refractivity contribution in [1.29, 1.82) is 0 Å². The second-order valence-electron chi connectivity index (χ2n) is 7.84. The van der Waals surface area contributed by atoms with Gasteiger partial charge in [-0.05, 0) is 36.3 Å². The number of imide groups is 1. The highest BCUT2D eigenvalue weighted by Crippen LogP contribution is 2.32. The Balaban J connectivity index is 1.59. The number of hydrogen-bond donors (Lipinski definition) is 2. The highest BCUT2D eigenvalue weighted by molar-refractivity contribution is 6.08. The van der Waals surface area contributed by atoms with Gasteiger partial charge in [0.15, 0.2) is 0 Å². The van der Waals surface area contributed by atoms with Crippen LogP contribution >= 0.6 is 0 Å². The van der Waals surface area contributed by atoms with E-state index in [2.05, 4.69) is 24.6 Å². The van der Waals surface area contributed by atoms with E-state index in [-0.39, 0.29) is 18.2 Å². The molecule has 6 nitrogen and oxygen atoms in total. The number of rotatable bonds is 5. The molecule has 1 spiro atoms. The zero-order valence-electron chi connectivity index (χ0n) is 15.5. The van der Waals surface area contributed by atoms with Crippen LogP contribution < -0.4 is 10.7 Å². The van der Waals surface area contributed by atoms with E-state index in [1.807, 2.05) is 24.3 Å². The van der Waals surface area contributed by atoms with E-state index >= 15 is 0 Å². The molecule has 26 heavy (non-hydrogen) atoms. The molecule has 4 amide bonds. The Morgan fingerprint density at radius 1 is 1.12 bits per heavy atom. The molecule has 140 valence electrons. The number of hydrogen-bond acceptors (Lipinski definition) is 3. The summed E-state index contributed by atoms with van der Waals surface area (Å²) in [4.78, 5) is 37.1. The number of urea groups is 1. The Hall–Kier alpha value is -2.37. The summed E-state index contributed by atoms with van der Waals surface area (Å²) < 4.78 is 0. The van der Waals surface area contributed by atoms with Crippen LogP contribution in [0.4, 0.5) is 4.79 Å². The zero-order chi connectivity index (χ0) is 18.7. The molecule has 0 atom stereocenters. The van der Waals surface area contributed by atoms with Crippen molar-refractivity contribution in [2.75, 3.05) is 0 Å². The molecule has 0 bridgehead atoms. The van der Waals surface area contributed by atoms with Gasteiger partial charge in [0, 0.05) is 0 Å². The van der Waals surface area contributed by atoms with Gasteiger partial charge in [0.05, 0.1) is 6.42 Å². The van der Waals surface area contributed by atoms with Gasteiger partial charge in [-0.15, -0.1) is 0 Å². The molecule has 2 N–H and O–H groups in total.